The number of likely N-dealkylation sites (N-methyl/N-ethyl adjacent to an activating group) is 1. The molecule has 0 bridgehead atoms. The third-order valence-electron chi connectivity index (χ3n) is 6.77. The maximum Gasteiger partial charge on any atom is 0.287 e. The van der Waals surface area contributed by atoms with E-state index < -0.39 is 6.04 Å². The number of carbonyl (C=O) groups is 1. The first kappa shape index (κ1) is 21.3. The van der Waals surface area contributed by atoms with E-state index in [9.17, 15) is 4.79 Å². The number of ether oxygens (including phenoxy) is 3. The third-order valence-corrected chi connectivity index (χ3v) is 6.77. The molecule has 1 amide bonds. The number of methoxy groups -OCH3 is 1. The number of carbonyl (C=O) groups excluding carboxylic acids is 1. The van der Waals surface area contributed by atoms with Crippen LogP contribution in [0.25, 0.3) is 0 Å². The lowest BCUT2D eigenvalue weighted by Crippen LogP contribution is -2.54. The van der Waals surface area contributed by atoms with Crippen molar-refractivity contribution < 1.29 is 23.5 Å². The third kappa shape index (κ3) is 3.80. The van der Waals surface area contributed by atoms with Gasteiger partial charge in [-0.05, 0) is 30.2 Å². The molecule has 6 heteroatoms. The Morgan fingerprint density at radius 1 is 1.12 bits per heavy atom. The zero-order chi connectivity index (χ0) is 23.0. The first-order valence-corrected chi connectivity index (χ1v) is 11.2. The van der Waals surface area contributed by atoms with Crippen LogP contribution >= 0.6 is 0 Å². The molecule has 0 aromatic heterocycles. The van der Waals surface area contributed by atoms with Crippen LogP contribution in [0.4, 0.5) is 5.69 Å². The first-order chi connectivity index (χ1) is 16.0. The van der Waals surface area contributed by atoms with Crippen LogP contribution in [0.15, 0.2) is 60.7 Å². The molecule has 2 heterocycles. The highest BCUT2D eigenvalue weighted by molar-refractivity contribution is 5.96. The Balaban J connectivity index is 1.63. The lowest BCUT2D eigenvalue weighted by molar-refractivity contribution is -0.944. The molecule has 0 fully saturated rings. The number of anilines is 1. The minimum Gasteiger partial charge on any atom is -0.492 e. The minimum absolute atomic E-state index is 0.0548. The van der Waals surface area contributed by atoms with Crippen LogP contribution in [0.3, 0.4) is 0 Å². The summed E-state index contributed by atoms with van der Waals surface area (Å²) < 4.78 is 17.8. The van der Waals surface area contributed by atoms with E-state index in [1.807, 2.05) is 55.5 Å². The molecule has 2 atom stereocenters. The Kier molecular flexibility index (Phi) is 5.46. The van der Waals surface area contributed by atoms with Crippen molar-refractivity contribution in [2.45, 2.75) is 25.9 Å². The zero-order valence-electron chi connectivity index (χ0n) is 19.3. The Morgan fingerprint density at radius 3 is 2.64 bits per heavy atom. The number of rotatable bonds is 5. The van der Waals surface area contributed by atoms with Gasteiger partial charge in [0.25, 0.3) is 5.91 Å². The molecule has 3 aromatic carbocycles. The average molecular weight is 446 g/mol. The van der Waals surface area contributed by atoms with Gasteiger partial charge in [0.05, 0.1) is 26.3 Å². The highest BCUT2D eigenvalue weighted by atomic mass is 16.7. The molecule has 33 heavy (non-hydrogen) atoms. The number of nitrogens with zero attached hydrogens (tertiary/aromatic N) is 1. The van der Waals surface area contributed by atoms with Gasteiger partial charge in [0, 0.05) is 17.7 Å². The molecule has 2 aliphatic rings. The summed E-state index contributed by atoms with van der Waals surface area (Å²) in [5.74, 6) is 1.81. The fourth-order valence-corrected chi connectivity index (χ4v) is 5.10. The molecule has 0 radical (unpaired) electrons. The van der Waals surface area contributed by atoms with Gasteiger partial charge in [-0.1, -0.05) is 48.5 Å². The number of para-hydroxylation sites is 1. The van der Waals surface area contributed by atoms with Crippen LogP contribution < -0.4 is 19.5 Å². The van der Waals surface area contributed by atoms with E-state index in [0.717, 1.165) is 41.9 Å². The zero-order valence-corrected chi connectivity index (χ0v) is 19.3. The average Bonchev–Trinajstić information content (AvgIpc) is 3.28. The second-order valence-electron chi connectivity index (χ2n) is 9.02. The van der Waals surface area contributed by atoms with Crippen molar-refractivity contribution >= 4 is 11.6 Å². The van der Waals surface area contributed by atoms with Crippen LogP contribution in [0.2, 0.25) is 0 Å². The molecule has 0 aliphatic carbocycles. The number of benzene rings is 3. The normalized spacial score (nSPS) is 20.8. The van der Waals surface area contributed by atoms with Gasteiger partial charge >= 0.3 is 0 Å². The molecule has 2 aliphatic heterocycles. The van der Waals surface area contributed by atoms with Crippen LogP contribution in [-0.4, -0.2) is 37.9 Å². The summed E-state index contributed by atoms with van der Waals surface area (Å²) in [6.45, 7) is 3.70. The van der Waals surface area contributed by atoms with Crippen LogP contribution in [0.5, 0.6) is 17.2 Å². The van der Waals surface area contributed by atoms with Gasteiger partial charge in [0.2, 0.25) is 12.5 Å². The number of quaternary nitrogens is 1. The maximum atomic E-state index is 14.0. The standard InChI is InChI=1S/C27H28N2O4/c1-18-9-7-8-12-21(18)28-27(30)24-23-20(15-22-25(26(23)31-3)33-17-32-22)13-14-29(24,2)16-19-10-5-4-6-11-19/h4-12,15,24H,13-14,16-17H2,1-3H3/p+1/t24-,29?/m0/s1. The van der Waals surface area contributed by atoms with E-state index >= 15 is 0 Å². The number of aryl methyl sites for hydroxylation is 1. The van der Waals surface area contributed by atoms with Gasteiger partial charge < -0.3 is 24.0 Å². The Hall–Kier alpha value is -3.51. The molecular formula is C27H29N2O4+. The molecule has 0 spiro atoms. The summed E-state index contributed by atoms with van der Waals surface area (Å²) in [7, 11) is 3.78. The van der Waals surface area contributed by atoms with Crippen molar-refractivity contribution in [3.05, 3.63) is 82.9 Å². The molecule has 5 rings (SSSR count). The first-order valence-electron chi connectivity index (χ1n) is 11.2. The van der Waals surface area contributed by atoms with E-state index in [4.69, 9.17) is 14.2 Å². The number of amides is 1. The van der Waals surface area contributed by atoms with E-state index in [1.165, 1.54) is 5.56 Å². The van der Waals surface area contributed by atoms with Crippen molar-refractivity contribution in [1.29, 1.82) is 0 Å². The van der Waals surface area contributed by atoms with Crippen molar-refractivity contribution in [2.75, 3.05) is 32.8 Å². The van der Waals surface area contributed by atoms with E-state index in [0.29, 0.717) is 21.7 Å². The predicted molar refractivity (Wildman–Crippen MR) is 127 cm³/mol. The highest BCUT2D eigenvalue weighted by Crippen LogP contribution is 2.51. The second kappa shape index (κ2) is 8.45. The second-order valence-corrected chi connectivity index (χ2v) is 9.02. The summed E-state index contributed by atoms with van der Waals surface area (Å²) >= 11 is 0. The summed E-state index contributed by atoms with van der Waals surface area (Å²) in [5.41, 5.74) is 5.00. The quantitative estimate of drug-likeness (QED) is 0.583. The van der Waals surface area contributed by atoms with Gasteiger partial charge in [0.15, 0.2) is 17.5 Å². The Bertz CT molecular complexity index is 1190. The molecule has 0 saturated heterocycles. The number of nitrogens with one attached hydrogen (secondary N) is 1. The van der Waals surface area contributed by atoms with Crippen molar-refractivity contribution in [1.82, 2.24) is 0 Å². The summed E-state index contributed by atoms with van der Waals surface area (Å²) in [4.78, 5) is 14.0. The summed E-state index contributed by atoms with van der Waals surface area (Å²) in [6, 6.07) is 19.7. The molecule has 0 saturated carbocycles. The molecule has 1 N–H and O–H groups in total. The van der Waals surface area contributed by atoms with Crippen LogP contribution in [-0.2, 0) is 17.8 Å². The summed E-state index contributed by atoms with van der Waals surface area (Å²) in [6.07, 6.45) is 0.819. The summed E-state index contributed by atoms with van der Waals surface area (Å²) in [5, 5.41) is 3.20. The molecule has 170 valence electrons. The van der Waals surface area contributed by atoms with Gasteiger partial charge in [0.1, 0.15) is 6.54 Å². The highest BCUT2D eigenvalue weighted by Gasteiger charge is 2.47. The smallest absolute Gasteiger partial charge is 0.287 e. The largest absolute Gasteiger partial charge is 0.492 e. The fraction of sp³-hybridized carbons (Fsp3) is 0.296. The van der Waals surface area contributed by atoms with Gasteiger partial charge in [-0.2, -0.15) is 0 Å². The molecule has 3 aromatic rings. The Labute approximate surface area is 194 Å². The van der Waals surface area contributed by atoms with Crippen molar-refractivity contribution in [3.8, 4) is 17.2 Å². The van der Waals surface area contributed by atoms with Crippen LogP contribution in [0.1, 0.15) is 28.3 Å². The number of fused-ring (bicyclic) bond motifs is 2. The maximum absolute atomic E-state index is 14.0. The number of hydrogen-bond donors (Lipinski definition) is 1. The fourth-order valence-electron chi connectivity index (χ4n) is 5.10. The lowest BCUT2D eigenvalue weighted by Gasteiger charge is -2.45. The monoisotopic (exact) mass is 445 g/mol. The van der Waals surface area contributed by atoms with Gasteiger partial charge in [-0.3, -0.25) is 4.79 Å². The van der Waals surface area contributed by atoms with Crippen molar-refractivity contribution in [3.63, 3.8) is 0 Å². The Morgan fingerprint density at radius 2 is 1.88 bits per heavy atom. The van der Waals surface area contributed by atoms with E-state index in [1.54, 1.807) is 7.11 Å². The predicted octanol–water partition coefficient (Wildman–Crippen LogP) is 4.62. The topological polar surface area (TPSA) is 56.8 Å². The number of hydrogen-bond acceptors (Lipinski definition) is 4. The van der Waals surface area contributed by atoms with Crippen LogP contribution in [0, 0.1) is 6.92 Å². The molecular weight excluding hydrogens is 416 g/mol. The molecule has 6 nitrogen and oxygen atoms in total. The van der Waals surface area contributed by atoms with Gasteiger partial charge in [-0.15, -0.1) is 0 Å². The van der Waals surface area contributed by atoms with Crippen molar-refractivity contribution in [2.24, 2.45) is 0 Å². The van der Waals surface area contributed by atoms with Gasteiger partial charge in [-0.25, -0.2) is 0 Å². The minimum atomic E-state index is -0.474. The van der Waals surface area contributed by atoms with E-state index in [-0.39, 0.29) is 12.7 Å². The lowest BCUT2D eigenvalue weighted by atomic mass is 9.87. The molecule has 1 unspecified atom stereocenters. The SMILES string of the molecule is COc1c2c(cc3c1[C@@H](C(=O)Nc1ccccc1C)[N+](C)(Cc1ccccc1)CC3)OCO2. The van der Waals surface area contributed by atoms with E-state index in [2.05, 4.69) is 24.5 Å².